The van der Waals surface area contributed by atoms with Crippen LogP contribution in [0.1, 0.15) is 0 Å². The van der Waals surface area contributed by atoms with Gasteiger partial charge in [-0.15, -0.1) is 0 Å². The first-order chi connectivity index (χ1) is 1.73. The standard InChI is InChI=1S/IO3.K.Na/c2-1(3)4;;/q-1;2*+1. The molecule has 0 radical (unpaired) electrons. The van der Waals surface area contributed by atoms with E-state index in [0.717, 1.165) is 0 Å². The normalized spacial score (nSPS) is 6.00. The van der Waals surface area contributed by atoms with E-state index in [1.54, 1.807) is 0 Å². The zero-order valence-corrected chi connectivity index (χ0v) is 10.9. The second-order valence-electron chi connectivity index (χ2n) is 0.189. The average molecular weight is 237 g/mol. The summed E-state index contributed by atoms with van der Waals surface area (Å²) in [5.74, 6) is 0. The van der Waals surface area contributed by atoms with Gasteiger partial charge in [0.2, 0.25) is 0 Å². The summed E-state index contributed by atoms with van der Waals surface area (Å²) >= 11 is -4.01. The van der Waals surface area contributed by atoms with E-state index in [1.807, 2.05) is 0 Å². The zero-order chi connectivity index (χ0) is 3.58. The van der Waals surface area contributed by atoms with Crippen LogP contribution in [0.4, 0.5) is 0 Å². The number of hydrogen-bond acceptors (Lipinski definition) is 3. The molecule has 0 unspecified atom stereocenters. The van der Waals surface area contributed by atoms with Crippen LogP contribution in [0.5, 0.6) is 0 Å². The predicted molar refractivity (Wildman–Crippen MR) is 0 cm³/mol. The first kappa shape index (κ1) is 16.1. The molecule has 0 aromatic heterocycles. The van der Waals surface area contributed by atoms with Crippen molar-refractivity contribution in [3.63, 3.8) is 0 Å². The summed E-state index contributed by atoms with van der Waals surface area (Å²) in [7, 11) is 0. The van der Waals surface area contributed by atoms with Crippen molar-refractivity contribution in [3.8, 4) is 0 Å². The molecule has 6 heteroatoms. The number of halogens is 1. The first-order valence-corrected chi connectivity index (χ1v) is 3.11. The van der Waals surface area contributed by atoms with Crippen molar-refractivity contribution in [1.82, 2.24) is 0 Å². The fraction of sp³-hybridized carbons (Fsp3) is 0. The summed E-state index contributed by atoms with van der Waals surface area (Å²) in [6.07, 6.45) is 0. The van der Waals surface area contributed by atoms with Crippen LogP contribution in [0, 0.1) is 0 Å². The Morgan fingerprint density at radius 3 is 1.00 bits per heavy atom. The zero-order valence-electron chi connectivity index (χ0n) is 3.60. The SMILES string of the molecule is [K+].[Na+].[O-][I+2]([O-])[O-]. The first-order valence-electron chi connectivity index (χ1n) is 0.463. The van der Waals surface area contributed by atoms with E-state index < -0.39 is 21.1 Å². The number of rotatable bonds is 0. The molecular formula is IKNaO3+. The summed E-state index contributed by atoms with van der Waals surface area (Å²) in [6, 6.07) is 0. The molecule has 0 rings (SSSR count). The van der Waals surface area contributed by atoms with Gasteiger partial charge in [-0.05, 0) is 0 Å². The third kappa shape index (κ3) is 26.8. The van der Waals surface area contributed by atoms with E-state index >= 15 is 0 Å². The van der Waals surface area contributed by atoms with Crippen LogP contribution in [-0.4, -0.2) is 0 Å². The second-order valence-corrected chi connectivity index (χ2v) is 1.27. The van der Waals surface area contributed by atoms with Crippen LogP contribution >= 0.6 is 0 Å². The van der Waals surface area contributed by atoms with Crippen molar-refractivity contribution in [2.45, 2.75) is 0 Å². The van der Waals surface area contributed by atoms with Gasteiger partial charge in [0.15, 0.2) is 0 Å². The Labute approximate surface area is 109 Å². The predicted octanol–water partition coefficient (Wildman–Crippen LogP) is -12.6. The maximum absolute atomic E-state index is 8.57. The fourth-order valence-corrected chi connectivity index (χ4v) is 0. The molecule has 0 aromatic carbocycles. The Hall–Kier alpha value is 3.25. The molecule has 0 spiro atoms. The molecular weight excluding hydrogens is 237 g/mol. The third-order valence-corrected chi connectivity index (χ3v) is 0. The van der Waals surface area contributed by atoms with Crippen LogP contribution in [-0.2, 0) is 0 Å². The Morgan fingerprint density at radius 2 is 1.00 bits per heavy atom. The molecule has 0 aliphatic heterocycles. The smallest absolute Gasteiger partial charge is 0.427 e. The van der Waals surface area contributed by atoms with Crippen molar-refractivity contribution in [1.29, 1.82) is 0 Å². The van der Waals surface area contributed by atoms with E-state index in [4.69, 9.17) is 10.3 Å². The molecule has 3 nitrogen and oxygen atoms in total. The van der Waals surface area contributed by atoms with Gasteiger partial charge in [0.1, 0.15) is 0 Å². The van der Waals surface area contributed by atoms with Crippen LogP contribution in [0.15, 0.2) is 0 Å². The summed E-state index contributed by atoms with van der Waals surface area (Å²) in [5, 5.41) is 0. The van der Waals surface area contributed by atoms with Gasteiger partial charge in [-0.2, -0.15) is 0 Å². The molecule has 0 saturated heterocycles. The maximum atomic E-state index is 8.57. The Bertz CT molecular complexity index is 15.5. The monoisotopic (exact) mass is 237 g/mol. The van der Waals surface area contributed by atoms with Crippen molar-refractivity contribution in [3.05, 3.63) is 0 Å². The molecule has 0 aromatic rings. The molecule has 0 bridgehead atoms. The van der Waals surface area contributed by atoms with Crippen LogP contribution in [0.25, 0.3) is 0 Å². The molecule has 0 fully saturated rings. The molecule has 0 heterocycles. The van der Waals surface area contributed by atoms with Crippen molar-refractivity contribution in [2.75, 3.05) is 0 Å². The summed E-state index contributed by atoms with van der Waals surface area (Å²) < 4.78 is 25.7. The second kappa shape index (κ2) is 11.1. The van der Waals surface area contributed by atoms with Gasteiger partial charge in [0, 0.05) is 0 Å². The average Bonchev–Trinajstić information content (AvgIpc) is 0.811. The van der Waals surface area contributed by atoms with E-state index in [0.29, 0.717) is 0 Å². The van der Waals surface area contributed by atoms with Gasteiger partial charge in [-0.25, -0.2) is 0 Å². The molecule has 0 saturated carbocycles. The fourth-order valence-electron chi connectivity index (χ4n) is 0. The minimum atomic E-state index is -4.01. The molecule has 0 aliphatic carbocycles. The van der Waals surface area contributed by atoms with E-state index in [-0.39, 0.29) is 80.9 Å². The van der Waals surface area contributed by atoms with Gasteiger partial charge in [0.25, 0.3) is 21.1 Å². The number of hydrogen-bond donors (Lipinski definition) is 0. The molecule has 0 atom stereocenters. The van der Waals surface area contributed by atoms with Crippen molar-refractivity contribution in [2.24, 2.45) is 0 Å². The minimum Gasteiger partial charge on any atom is -0.427 e. The Kier molecular flexibility index (Phi) is 29.8. The maximum Gasteiger partial charge on any atom is 1.00 e. The van der Waals surface area contributed by atoms with Crippen LogP contribution in [0.3, 0.4) is 0 Å². The van der Waals surface area contributed by atoms with Gasteiger partial charge >= 0.3 is 80.9 Å². The van der Waals surface area contributed by atoms with Crippen LogP contribution < -0.4 is 112 Å². The van der Waals surface area contributed by atoms with Crippen molar-refractivity contribution < 1.29 is 112 Å². The Morgan fingerprint density at radius 1 is 1.00 bits per heavy atom. The topological polar surface area (TPSA) is 69.2 Å². The third-order valence-electron chi connectivity index (χ3n) is 0. The van der Waals surface area contributed by atoms with Gasteiger partial charge < -0.3 is 10.3 Å². The summed E-state index contributed by atoms with van der Waals surface area (Å²) in [6.45, 7) is 0. The van der Waals surface area contributed by atoms with Gasteiger partial charge in [0.05, 0.1) is 0 Å². The summed E-state index contributed by atoms with van der Waals surface area (Å²) in [5.41, 5.74) is 0. The van der Waals surface area contributed by atoms with Crippen LogP contribution in [0.2, 0.25) is 0 Å². The van der Waals surface area contributed by atoms with Gasteiger partial charge in [-0.1, -0.05) is 0 Å². The Balaban J connectivity index is -0.0000000450. The quantitative estimate of drug-likeness (QED) is 0.310. The minimum absolute atomic E-state index is 0. The molecule has 0 aliphatic rings. The molecule has 6 heavy (non-hydrogen) atoms. The van der Waals surface area contributed by atoms with E-state index in [1.165, 1.54) is 0 Å². The van der Waals surface area contributed by atoms with Crippen molar-refractivity contribution >= 4 is 0 Å². The van der Waals surface area contributed by atoms with Gasteiger partial charge in [-0.3, -0.25) is 0 Å². The molecule has 26 valence electrons. The molecule has 0 N–H and O–H groups in total. The van der Waals surface area contributed by atoms with E-state index in [9.17, 15) is 0 Å². The molecule has 0 amide bonds. The van der Waals surface area contributed by atoms with E-state index in [2.05, 4.69) is 0 Å². The summed E-state index contributed by atoms with van der Waals surface area (Å²) in [4.78, 5) is 0. The largest absolute Gasteiger partial charge is 1.00 e.